The van der Waals surface area contributed by atoms with Crippen LogP contribution < -0.4 is 5.32 Å². The first-order valence-electron chi connectivity index (χ1n) is 3.56. The van der Waals surface area contributed by atoms with E-state index in [0.717, 1.165) is 0 Å². The van der Waals surface area contributed by atoms with Crippen molar-refractivity contribution in [2.75, 3.05) is 6.54 Å². The van der Waals surface area contributed by atoms with Crippen molar-refractivity contribution >= 4 is 5.97 Å². The Balaban J connectivity index is 2.91. The fourth-order valence-electron chi connectivity index (χ4n) is 1.17. The molecule has 0 aromatic heterocycles. The molecule has 1 aliphatic rings. The summed E-state index contributed by atoms with van der Waals surface area (Å²) in [7, 11) is 0. The van der Waals surface area contributed by atoms with Crippen molar-refractivity contribution in [3.8, 4) is 0 Å². The van der Waals surface area contributed by atoms with Crippen molar-refractivity contribution in [2.45, 2.75) is 24.4 Å². The second-order valence-electron chi connectivity index (χ2n) is 2.86. The fraction of sp³-hybridized carbons (Fsp3) is 0.833. The Morgan fingerprint density at radius 1 is 1.33 bits per heavy atom. The molecule has 6 heteroatoms. The van der Waals surface area contributed by atoms with Gasteiger partial charge in [-0.2, -0.15) is 0 Å². The van der Waals surface area contributed by atoms with Gasteiger partial charge in [0.25, 0.3) is 5.72 Å². The van der Waals surface area contributed by atoms with Gasteiger partial charge in [0.05, 0.1) is 0 Å². The lowest BCUT2D eigenvalue weighted by Crippen LogP contribution is -2.70. The van der Waals surface area contributed by atoms with Gasteiger partial charge in [0.15, 0.2) is 0 Å². The monoisotopic (exact) mass is 177 g/mol. The van der Waals surface area contributed by atoms with Crippen LogP contribution in [0.5, 0.6) is 0 Å². The molecule has 6 nitrogen and oxygen atoms in total. The van der Waals surface area contributed by atoms with Gasteiger partial charge >= 0.3 is 5.97 Å². The van der Waals surface area contributed by atoms with Crippen molar-refractivity contribution in [1.29, 1.82) is 0 Å². The highest BCUT2D eigenvalue weighted by atomic mass is 16.5. The first kappa shape index (κ1) is 9.40. The Bertz CT molecular complexity index is 204. The second-order valence-corrected chi connectivity index (χ2v) is 2.86. The summed E-state index contributed by atoms with van der Waals surface area (Å²) in [6.45, 7) is 0.242. The minimum atomic E-state index is -2.65. The third-order valence-corrected chi connectivity index (χ3v) is 1.97. The lowest BCUT2D eigenvalue weighted by molar-refractivity contribution is -0.294. The zero-order chi connectivity index (χ0) is 9.41. The summed E-state index contributed by atoms with van der Waals surface area (Å²) in [5.74, 6) is -4.29. The maximum absolute atomic E-state index is 10.5. The Hall–Kier alpha value is -0.690. The van der Waals surface area contributed by atoms with Crippen LogP contribution in [0.1, 0.15) is 12.8 Å². The standard InChI is InChI=1S/C6H11NO5/c8-4(9)6(12)5(10,11)2-1-3-7-6/h7,10-12H,1-3H2,(H,8,9). The van der Waals surface area contributed by atoms with Gasteiger partial charge in [-0.1, -0.05) is 0 Å². The van der Waals surface area contributed by atoms with E-state index in [1.165, 1.54) is 0 Å². The number of hydrogen-bond donors (Lipinski definition) is 5. The largest absolute Gasteiger partial charge is 0.478 e. The van der Waals surface area contributed by atoms with Crippen LogP contribution in [-0.4, -0.2) is 44.5 Å². The maximum atomic E-state index is 10.5. The van der Waals surface area contributed by atoms with Crippen LogP contribution in [0.25, 0.3) is 0 Å². The lowest BCUT2D eigenvalue weighted by Gasteiger charge is -2.40. The molecule has 0 saturated carbocycles. The average Bonchev–Trinajstić information content (AvgIpc) is 1.95. The fourth-order valence-corrected chi connectivity index (χ4v) is 1.17. The van der Waals surface area contributed by atoms with E-state index in [0.29, 0.717) is 6.42 Å². The molecule has 0 amide bonds. The summed E-state index contributed by atoms with van der Waals surface area (Å²) in [6, 6.07) is 0. The predicted octanol–water partition coefficient (Wildman–Crippen LogP) is -2.18. The number of carboxylic acids is 1. The van der Waals surface area contributed by atoms with Crippen LogP contribution in [0.2, 0.25) is 0 Å². The number of carboxylic acid groups (broad SMARTS) is 1. The Morgan fingerprint density at radius 2 is 1.92 bits per heavy atom. The smallest absolute Gasteiger partial charge is 0.357 e. The van der Waals surface area contributed by atoms with Crippen molar-refractivity contribution in [2.24, 2.45) is 0 Å². The van der Waals surface area contributed by atoms with Gasteiger partial charge in [0.1, 0.15) is 0 Å². The van der Waals surface area contributed by atoms with Gasteiger partial charge in [-0.3, -0.25) is 5.32 Å². The molecule has 0 aromatic carbocycles. The van der Waals surface area contributed by atoms with Crippen molar-refractivity contribution in [3.63, 3.8) is 0 Å². The summed E-state index contributed by atoms with van der Waals surface area (Å²) >= 11 is 0. The highest BCUT2D eigenvalue weighted by Gasteiger charge is 2.56. The predicted molar refractivity (Wildman–Crippen MR) is 37.0 cm³/mol. The summed E-state index contributed by atoms with van der Waals surface area (Å²) in [6.07, 6.45) is 0.241. The molecule has 1 aliphatic heterocycles. The summed E-state index contributed by atoms with van der Waals surface area (Å²) in [4.78, 5) is 10.5. The molecule has 0 radical (unpaired) electrons. The molecule has 1 atom stereocenters. The molecule has 1 heterocycles. The number of nitrogens with one attached hydrogen (secondary N) is 1. The molecular weight excluding hydrogens is 166 g/mol. The number of hydrogen-bond acceptors (Lipinski definition) is 5. The van der Waals surface area contributed by atoms with Crippen LogP contribution in [0.15, 0.2) is 0 Å². The van der Waals surface area contributed by atoms with Crippen LogP contribution in [-0.2, 0) is 4.79 Å². The van der Waals surface area contributed by atoms with E-state index in [2.05, 4.69) is 5.32 Å². The third kappa shape index (κ3) is 1.18. The quantitative estimate of drug-likeness (QED) is 0.291. The summed E-state index contributed by atoms with van der Waals surface area (Å²) in [5.41, 5.74) is -2.65. The molecule has 0 spiro atoms. The molecule has 0 bridgehead atoms. The molecule has 1 fully saturated rings. The topological polar surface area (TPSA) is 110 Å². The Kier molecular flexibility index (Phi) is 2.09. The molecular formula is C6H11NO5. The number of aliphatic hydroxyl groups is 3. The van der Waals surface area contributed by atoms with Crippen molar-refractivity contribution in [3.05, 3.63) is 0 Å². The maximum Gasteiger partial charge on any atom is 0.357 e. The first-order valence-corrected chi connectivity index (χ1v) is 3.56. The molecule has 0 aliphatic carbocycles. The second kappa shape index (κ2) is 2.67. The van der Waals surface area contributed by atoms with Crippen LogP contribution in [0, 0.1) is 0 Å². The average molecular weight is 177 g/mol. The van der Waals surface area contributed by atoms with E-state index < -0.39 is 17.5 Å². The van der Waals surface area contributed by atoms with Crippen molar-refractivity contribution in [1.82, 2.24) is 5.32 Å². The molecule has 1 unspecified atom stereocenters. The normalized spacial score (nSPS) is 34.6. The van der Waals surface area contributed by atoms with Gasteiger partial charge in [0, 0.05) is 6.42 Å². The van der Waals surface area contributed by atoms with Crippen LogP contribution in [0.4, 0.5) is 0 Å². The third-order valence-electron chi connectivity index (χ3n) is 1.97. The van der Waals surface area contributed by atoms with Gasteiger partial charge in [-0.05, 0) is 13.0 Å². The number of aliphatic carboxylic acids is 1. The molecule has 5 N–H and O–H groups in total. The molecule has 70 valence electrons. The van der Waals surface area contributed by atoms with E-state index in [1.54, 1.807) is 0 Å². The number of piperidine rings is 1. The van der Waals surface area contributed by atoms with E-state index in [-0.39, 0.29) is 13.0 Å². The summed E-state index contributed by atoms with van der Waals surface area (Å²) in [5, 5.41) is 38.2. The zero-order valence-corrected chi connectivity index (χ0v) is 6.32. The SMILES string of the molecule is O=C(O)C1(O)NCCCC1(O)O. The van der Waals surface area contributed by atoms with Gasteiger partial charge in [0.2, 0.25) is 5.79 Å². The Morgan fingerprint density at radius 3 is 2.25 bits per heavy atom. The zero-order valence-electron chi connectivity index (χ0n) is 6.32. The highest BCUT2D eigenvalue weighted by molar-refractivity contribution is 5.78. The molecule has 0 aromatic rings. The van der Waals surface area contributed by atoms with E-state index in [9.17, 15) is 9.90 Å². The Labute approximate surface area is 68.4 Å². The lowest BCUT2D eigenvalue weighted by atomic mass is 9.93. The number of carbonyl (C=O) groups is 1. The van der Waals surface area contributed by atoms with Crippen molar-refractivity contribution < 1.29 is 25.2 Å². The van der Waals surface area contributed by atoms with Gasteiger partial charge in [-0.25, -0.2) is 4.79 Å². The van der Waals surface area contributed by atoms with E-state index in [4.69, 9.17) is 15.3 Å². The van der Waals surface area contributed by atoms with E-state index in [1.807, 2.05) is 0 Å². The van der Waals surface area contributed by atoms with Gasteiger partial charge < -0.3 is 20.4 Å². The highest BCUT2D eigenvalue weighted by Crippen LogP contribution is 2.26. The molecule has 12 heavy (non-hydrogen) atoms. The first-order chi connectivity index (χ1) is 5.40. The summed E-state index contributed by atoms with van der Waals surface area (Å²) < 4.78 is 0. The minimum Gasteiger partial charge on any atom is -0.478 e. The molecule has 1 rings (SSSR count). The van der Waals surface area contributed by atoms with Gasteiger partial charge in [-0.15, -0.1) is 0 Å². The molecule has 1 saturated heterocycles. The number of rotatable bonds is 1. The van der Waals surface area contributed by atoms with E-state index >= 15 is 0 Å². The minimum absolute atomic E-state index is 0.164. The van der Waals surface area contributed by atoms with Crippen LogP contribution in [0.3, 0.4) is 0 Å². The van der Waals surface area contributed by atoms with Crippen LogP contribution >= 0.6 is 0 Å².